The molecule has 1 fully saturated rings. The number of rotatable bonds is 7. The molecule has 0 amide bonds. The van der Waals surface area contributed by atoms with Crippen molar-refractivity contribution in [3.8, 4) is 0 Å². The summed E-state index contributed by atoms with van der Waals surface area (Å²) in [5.41, 5.74) is 5.72. The number of nitrogens with two attached hydrogens (primary N) is 1. The zero-order valence-corrected chi connectivity index (χ0v) is 13.0. The van der Waals surface area contributed by atoms with Crippen molar-refractivity contribution in [1.29, 1.82) is 0 Å². The van der Waals surface area contributed by atoms with E-state index in [0.29, 0.717) is 0 Å². The number of hydrogen-bond acceptors (Lipinski definition) is 2. The van der Waals surface area contributed by atoms with E-state index in [1.165, 1.54) is 45.1 Å². The summed E-state index contributed by atoms with van der Waals surface area (Å²) >= 11 is 0. The molecule has 2 N–H and O–H groups in total. The molecule has 0 aromatic carbocycles. The van der Waals surface area contributed by atoms with E-state index in [1.54, 1.807) is 0 Å². The monoisotopic (exact) mass is 254 g/mol. The van der Waals surface area contributed by atoms with Gasteiger partial charge in [-0.3, -0.25) is 4.90 Å². The molecule has 1 aliphatic heterocycles. The average molecular weight is 254 g/mol. The van der Waals surface area contributed by atoms with Crippen LogP contribution < -0.4 is 5.73 Å². The Labute approximate surface area is 114 Å². The highest BCUT2D eigenvalue weighted by Crippen LogP contribution is 2.25. The quantitative estimate of drug-likeness (QED) is 0.751. The summed E-state index contributed by atoms with van der Waals surface area (Å²) in [6.07, 6.45) is 8.09. The highest BCUT2D eigenvalue weighted by Gasteiger charge is 2.24. The Kier molecular flexibility index (Phi) is 7.25. The second kappa shape index (κ2) is 8.16. The molecule has 1 saturated heterocycles. The van der Waals surface area contributed by atoms with Crippen molar-refractivity contribution in [2.45, 2.75) is 78.3 Å². The summed E-state index contributed by atoms with van der Waals surface area (Å²) in [6.45, 7) is 11.6. The SMILES string of the molecule is CC(C)C(CCN)CCCN1C(C)CCCC1C. The normalized spacial score (nSPS) is 27.7. The lowest BCUT2D eigenvalue weighted by Gasteiger charge is -2.39. The van der Waals surface area contributed by atoms with Crippen LogP contribution in [0.25, 0.3) is 0 Å². The third-order valence-electron chi connectivity index (χ3n) is 4.85. The molecule has 0 aliphatic carbocycles. The Balaban J connectivity index is 2.30. The maximum atomic E-state index is 5.72. The number of nitrogens with zero attached hydrogens (tertiary/aromatic N) is 1. The molecule has 0 radical (unpaired) electrons. The van der Waals surface area contributed by atoms with Crippen LogP contribution in [0.3, 0.4) is 0 Å². The van der Waals surface area contributed by atoms with E-state index in [0.717, 1.165) is 30.5 Å². The van der Waals surface area contributed by atoms with Crippen LogP contribution in [0.4, 0.5) is 0 Å². The van der Waals surface area contributed by atoms with Crippen LogP contribution in [0.1, 0.15) is 66.2 Å². The van der Waals surface area contributed by atoms with Gasteiger partial charge in [-0.25, -0.2) is 0 Å². The Morgan fingerprint density at radius 1 is 1.11 bits per heavy atom. The van der Waals surface area contributed by atoms with Gasteiger partial charge >= 0.3 is 0 Å². The minimum absolute atomic E-state index is 0.782. The Morgan fingerprint density at radius 2 is 1.72 bits per heavy atom. The largest absolute Gasteiger partial charge is 0.330 e. The molecule has 3 atom stereocenters. The van der Waals surface area contributed by atoms with Gasteiger partial charge in [0.15, 0.2) is 0 Å². The molecule has 1 heterocycles. The smallest absolute Gasteiger partial charge is 0.00697 e. The predicted octanol–water partition coefficient (Wildman–Crippen LogP) is 3.65. The minimum atomic E-state index is 0.782. The minimum Gasteiger partial charge on any atom is -0.330 e. The van der Waals surface area contributed by atoms with Gasteiger partial charge in [-0.05, 0) is 70.9 Å². The molecule has 0 aromatic rings. The van der Waals surface area contributed by atoms with E-state index in [1.807, 2.05) is 0 Å². The van der Waals surface area contributed by atoms with Crippen LogP contribution in [-0.4, -0.2) is 30.1 Å². The molecule has 3 unspecified atom stereocenters. The fourth-order valence-corrected chi connectivity index (χ4v) is 3.48. The number of likely N-dealkylation sites (tertiary alicyclic amines) is 1. The fourth-order valence-electron chi connectivity index (χ4n) is 3.48. The molecule has 0 bridgehead atoms. The van der Waals surface area contributed by atoms with Crippen molar-refractivity contribution < 1.29 is 0 Å². The molecule has 1 rings (SSSR count). The van der Waals surface area contributed by atoms with Gasteiger partial charge in [0.05, 0.1) is 0 Å². The second-order valence-corrected chi connectivity index (χ2v) is 6.59. The summed E-state index contributed by atoms with van der Waals surface area (Å²) in [4.78, 5) is 2.73. The van der Waals surface area contributed by atoms with Gasteiger partial charge in [-0.15, -0.1) is 0 Å². The van der Waals surface area contributed by atoms with Gasteiger partial charge in [0.2, 0.25) is 0 Å². The van der Waals surface area contributed by atoms with Crippen molar-refractivity contribution in [1.82, 2.24) is 4.90 Å². The molecule has 0 saturated carbocycles. The average Bonchev–Trinajstić information content (AvgIpc) is 2.31. The van der Waals surface area contributed by atoms with E-state index >= 15 is 0 Å². The number of hydrogen-bond donors (Lipinski definition) is 1. The molecule has 2 nitrogen and oxygen atoms in total. The van der Waals surface area contributed by atoms with Gasteiger partial charge in [-0.1, -0.05) is 20.3 Å². The van der Waals surface area contributed by atoms with E-state index < -0.39 is 0 Å². The van der Waals surface area contributed by atoms with E-state index in [4.69, 9.17) is 5.73 Å². The summed E-state index contributed by atoms with van der Waals surface area (Å²) < 4.78 is 0. The van der Waals surface area contributed by atoms with E-state index in [9.17, 15) is 0 Å². The lowest BCUT2D eigenvalue weighted by Crippen LogP contribution is -2.44. The first-order valence-corrected chi connectivity index (χ1v) is 8.02. The summed E-state index contributed by atoms with van der Waals surface area (Å²) in [7, 11) is 0. The van der Waals surface area contributed by atoms with E-state index in [2.05, 4.69) is 32.6 Å². The first kappa shape index (κ1) is 16.0. The Morgan fingerprint density at radius 3 is 2.22 bits per heavy atom. The molecular formula is C16H34N2. The van der Waals surface area contributed by atoms with Gasteiger partial charge in [0.1, 0.15) is 0 Å². The zero-order chi connectivity index (χ0) is 13.5. The predicted molar refractivity (Wildman–Crippen MR) is 80.7 cm³/mol. The molecule has 1 aliphatic rings. The van der Waals surface area contributed by atoms with Crippen molar-refractivity contribution >= 4 is 0 Å². The van der Waals surface area contributed by atoms with Crippen LogP contribution in [0, 0.1) is 11.8 Å². The standard InChI is InChI=1S/C16H34N2/c1-13(2)16(10-11-17)9-6-12-18-14(3)7-5-8-15(18)4/h13-16H,5-12,17H2,1-4H3. The second-order valence-electron chi connectivity index (χ2n) is 6.59. The highest BCUT2D eigenvalue weighted by molar-refractivity contribution is 4.79. The highest BCUT2D eigenvalue weighted by atomic mass is 15.2. The van der Waals surface area contributed by atoms with E-state index in [-0.39, 0.29) is 0 Å². The molecule has 108 valence electrons. The van der Waals surface area contributed by atoms with Crippen molar-refractivity contribution in [3.05, 3.63) is 0 Å². The fraction of sp³-hybridized carbons (Fsp3) is 1.00. The molecular weight excluding hydrogens is 220 g/mol. The summed E-state index contributed by atoms with van der Waals surface area (Å²) in [6, 6.07) is 1.58. The van der Waals surface area contributed by atoms with Crippen molar-refractivity contribution in [3.63, 3.8) is 0 Å². The van der Waals surface area contributed by atoms with Crippen molar-refractivity contribution in [2.75, 3.05) is 13.1 Å². The summed E-state index contributed by atoms with van der Waals surface area (Å²) in [5, 5.41) is 0. The first-order valence-electron chi connectivity index (χ1n) is 8.02. The molecule has 0 spiro atoms. The maximum absolute atomic E-state index is 5.72. The van der Waals surface area contributed by atoms with Gasteiger partial charge in [0.25, 0.3) is 0 Å². The van der Waals surface area contributed by atoms with Gasteiger partial charge in [-0.2, -0.15) is 0 Å². The molecule has 18 heavy (non-hydrogen) atoms. The van der Waals surface area contributed by atoms with Crippen molar-refractivity contribution in [2.24, 2.45) is 17.6 Å². The van der Waals surface area contributed by atoms with Crippen LogP contribution >= 0.6 is 0 Å². The van der Waals surface area contributed by atoms with Crippen LogP contribution in [0.15, 0.2) is 0 Å². The molecule has 2 heteroatoms. The van der Waals surface area contributed by atoms with Gasteiger partial charge in [0, 0.05) is 12.1 Å². The van der Waals surface area contributed by atoms with Crippen LogP contribution in [-0.2, 0) is 0 Å². The summed E-state index contributed by atoms with van der Waals surface area (Å²) in [5.74, 6) is 1.61. The Hall–Kier alpha value is -0.0800. The third kappa shape index (κ3) is 4.89. The third-order valence-corrected chi connectivity index (χ3v) is 4.85. The topological polar surface area (TPSA) is 29.3 Å². The Bertz CT molecular complexity index is 205. The van der Waals surface area contributed by atoms with Gasteiger partial charge < -0.3 is 5.73 Å². The lowest BCUT2D eigenvalue weighted by atomic mass is 9.88. The maximum Gasteiger partial charge on any atom is 0.00697 e. The number of piperidine rings is 1. The molecule has 0 aromatic heterocycles. The lowest BCUT2D eigenvalue weighted by molar-refractivity contribution is 0.0982. The van der Waals surface area contributed by atoms with Crippen LogP contribution in [0.2, 0.25) is 0 Å². The first-order chi connectivity index (χ1) is 8.56. The van der Waals surface area contributed by atoms with Crippen LogP contribution in [0.5, 0.6) is 0 Å². The zero-order valence-electron chi connectivity index (χ0n) is 13.0.